The van der Waals surface area contributed by atoms with Crippen LogP contribution < -0.4 is 4.40 Å². The van der Waals surface area contributed by atoms with Gasteiger partial charge in [-0.2, -0.15) is 0 Å². The average molecular weight is 1050 g/mol. The Hall–Kier alpha value is -5.14. The van der Waals surface area contributed by atoms with Gasteiger partial charge in [-0.15, -0.1) is 18.2 Å². The maximum Gasteiger partial charge on any atom is 0.142 e. The first-order valence-electron chi connectivity index (χ1n) is 21.7. The van der Waals surface area contributed by atoms with E-state index < -0.39 is 13.3 Å². The number of furan rings is 1. The zero-order valence-electron chi connectivity index (χ0n) is 37.6. The van der Waals surface area contributed by atoms with Crippen LogP contribution in [0, 0.1) is 25.0 Å². The van der Waals surface area contributed by atoms with Crippen LogP contribution in [0.25, 0.3) is 72.4 Å². The zero-order chi connectivity index (χ0) is 43.0. The summed E-state index contributed by atoms with van der Waals surface area (Å²) in [5.74, 6) is 9.41. The SMILES string of the molecule is CC(C)Cc1cc(-c2[c-]cccc2)nc[c]1[Ge]([CH3])([CH3])[CH3].Cc1nccc2c1oc1c(-c3nc4ccccc4n3-c3c(C(C)C)cc(-c4ccccc4)cc3C(C)C)[c-]ccc12.[Ir]. The van der Waals surface area contributed by atoms with Crippen molar-refractivity contribution in [2.45, 2.75) is 84.0 Å². The number of rotatable bonds is 9. The first-order valence-corrected chi connectivity index (χ1v) is 29.0. The predicted octanol–water partition coefficient (Wildman–Crippen LogP) is 14.3. The fraction of sp³-hybridized carbons (Fsp3) is 0.255. The first-order chi connectivity index (χ1) is 29.3. The van der Waals surface area contributed by atoms with E-state index >= 15 is 0 Å². The quantitative estimate of drug-likeness (QED) is 0.107. The number of fused-ring (bicyclic) bond motifs is 4. The summed E-state index contributed by atoms with van der Waals surface area (Å²) in [6.07, 6.45) is 5.12. The van der Waals surface area contributed by atoms with Crippen molar-refractivity contribution in [1.82, 2.24) is 19.5 Å². The summed E-state index contributed by atoms with van der Waals surface area (Å²) < 4.78 is 10.4. The van der Waals surface area contributed by atoms with Crippen molar-refractivity contribution in [1.29, 1.82) is 0 Å². The van der Waals surface area contributed by atoms with Gasteiger partial charge in [0, 0.05) is 37.4 Å². The molecule has 0 fully saturated rings. The zero-order valence-corrected chi connectivity index (χ0v) is 42.1. The number of hydrogen-bond donors (Lipinski definition) is 0. The van der Waals surface area contributed by atoms with E-state index in [1.807, 2.05) is 43.5 Å². The van der Waals surface area contributed by atoms with Gasteiger partial charge in [0.05, 0.1) is 28.1 Å². The smallest absolute Gasteiger partial charge is 0.142 e. The molecule has 1 radical (unpaired) electrons. The molecule has 9 rings (SSSR count). The molecule has 62 heavy (non-hydrogen) atoms. The van der Waals surface area contributed by atoms with Gasteiger partial charge < -0.3 is 8.98 Å². The minimum Gasteiger partial charge on any atom is -0.499 e. The van der Waals surface area contributed by atoms with Gasteiger partial charge in [0.25, 0.3) is 0 Å². The Morgan fingerprint density at radius 1 is 0.694 bits per heavy atom. The fourth-order valence-electron chi connectivity index (χ4n) is 8.48. The van der Waals surface area contributed by atoms with Crippen LogP contribution in [0.2, 0.25) is 17.3 Å². The van der Waals surface area contributed by atoms with Crippen LogP contribution in [0.1, 0.15) is 75.8 Å². The van der Waals surface area contributed by atoms with Crippen LogP contribution in [0.4, 0.5) is 0 Å². The third kappa shape index (κ3) is 9.02. The van der Waals surface area contributed by atoms with E-state index in [-0.39, 0.29) is 20.1 Å². The van der Waals surface area contributed by atoms with Crippen LogP contribution in [-0.4, -0.2) is 32.8 Å². The van der Waals surface area contributed by atoms with Crippen molar-refractivity contribution in [3.63, 3.8) is 0 Å². The Morgan fingerprint density at radius 3 is 2.03 bits per heavy atom. The Bertz CT molecular complexity index is 2950. The molecular formula is C55H56GeIrN4O-2. The maximum absolute atomic E-state index is 6.54. The molecule has 4 aromatic heterocycles. The van der Waals surface area contributed by atoms with E-state index in [1.165, 1.54) is 33.5 Å². The summed E-state index contributed by atoms with van der Waals surface area (Å²) in [5.41, 5.74) is 15.2. The average Bonchev–Trinajstić information content (AvgIpc) is 3.83. The second-order valence-corrected chi connectivity index (χ2v) is 28.8. The number of para-hydroxylation sites is 2. The summed E-state index contributed by atoms with van der Waals surface area (Å²) in [7, 11) is 0. The number of hydrogen-bond acceptors (Lipinski definition) is 4. The molecule has 4 heterocycles. The molecule has 9 aromatic rings. The molecule has 0 spiro atoms. The monoisotopic (exact) mass is 1060 g/mol. The molecule has 5 aromatic carbocycles. The summed E-state index contributed by atoms with van der Waals surface area (Å²) in [4.78, 5) is 14.4. The number of aromatic nitrogens is 4. The number of aryl methyl sites for hydroxylation is 1. The predicted molar refractivity (Wildman–Crippen MR) is 259 cm³/mol. The van der Waals surface area contributed by atoms with Crippen LogP contribution in [0.5, 0.6) is 0 Å². The summed E-state index contributed by atoms with van der Waals surface area (Å²) in [6.45, 7) is 15.7. The largest absolute Gasteiger partial charge is 0.499 e. The van der Waals surface area contributed by atoms with E-state index in [1.54, 1.807) is 4.40 Å². The number of nitrogens with zero attached hydrogens (tertiary/aromatic N) is 4. The Morgan fingerprint density at radius 2 is 1.37 bits per heavy atom. The molecule has 0 aliphatic heterocycles. The minimum absolute atomic E-state index is 0. The Kier molecular flexibility index (Phi) is 13.5. The third-order valence-corrected chi connectivity index (χ3v) is 15.8. The topological polar surface area (TPSA) is 56.7 Å². The van der Waals surface area contributed by atoms with Crippen LogP contribution >= 0.6 is 0 Å². The van der Waals surface area contributed by atoms with Gasteiger partial charge in [-0.1, -0.05) is 81.1 Å². The van der Waals surface area contributed by atoms with Crippen molar-refractivity contribution < 1.29 is 24.5 Å². The molecule has 0 amide bonds. The van der Waals surface area contributed by atoms with Crippen LogP contribution in [-0.2, 0) is 26.5 Å². The first kappa shape index (κ1) is 44.9. The molecule has 0 bridgehead atoms. The van der Waals surface area contributed by atoms with Gasteiger partial charge >= 0.3 is 126 Å². The molecular weight excluding hydrogens is 997 g/mol. The van der Waals surface area contributed by atoms with Gasteiger partial charge in [0.2, 0.25) is 0 Å². The molecule has 0 atom stereocenters. The minimum atomic E-state index is -1.86. The van der Waals surface area contributed by atoms with Gasteiger partial charge in [-0.05, 0) is 71.3 Å². The van der Waals surface area contributed by atoms with Crippen LogP contribution in [0.3, 0.4) is 0 Å². The molecule has 0 aliphatic rings. The van der Waals surface area contributed by atoms with Crippen LogP contribution in [0.15, 0.2) is 132 Å². The fourth-order valence-corrected chi connectivity index (χ4v) is 11.8. The second kappa shape index (κ2) is 18.7. The third-order valence-electron chi connectivity index (χ3n) is 11.5. The van der Waals surface area contributed by atoms with Gasteiger partial charge in [0.15, 0.2) is 0 Å². The van der Waals surface area contributed by atoms with Crippen molar-refractivity contribution in [3.05, 3.63) is 162 Å². The van der Waals surface area contributed by atoms with E-state index in [4.69, 9.17) is 14.4 Å². The van der Waals surface area contributed by atoms with Crippen molar-refractivity contribution >= 4 is 50.6 Å². The molecule has 7 heteroatoms. The molecule has 0 aliphatic carbocycles. The normalized spacial score (nSPS) is 11.8. The number of pyridine rings is 2. The summed E-state index contributed by atoms with van der Waals surface area (Å²) >= 11 is -1.86. The molecule has 5 nitrogen and oxygen atoms in total. The van der Waals surface area contributed by atoms with Gasteiger partial charge in [0.1, 0.15) is 5.58 Å². The van der Waals surface area contributed by atoms with Crippen molar-refractivity contribution in [3.8, 4) is 39.5 Å². The Labute approximate surface area is 383 Å². The van der Waals surface area contributed by atoms with E-state index in [9.17, 15) is 0 Å². The summed E-state index contributed by atoms with van der Waals surface area (Å²) in [6, 6.07) is 47.0. The van der Waals surface area contributed by atoms with E-state index in [0.717, 1.165) is 67.7 Å². The molecule has 0 saturated carbocycles. The van der Waals surface area contributed by atoms with Gasteiger partial charge in [-0.25, -0.2) is 0 Å². The van der Waals surface area contributed by atoms with Crippen molar-refractivity contribution in [2.75, 3.05) is 0 Å². The standard InChI is InChI=1S/C37H32N3O.C18H24GeN.Ir/c1-22(2)30-20-26(25-12-7-6-8-13-25)21-31(23(3)4)34(30)40-33-17-10-9-16-32(33)39-37(40)29-15-11-14-27-28-18-19-38-24(5)35(28)41-36(27)29;1-14(2)11-16-12-18(15-9-7-6-8-10-15)20-13-17(16)19(3,4)5;/h6-14,16-23H,1-5H3;6-9,12-14H,11H2,1-5H3;/q2*-1;. The number of benzene rings is 5. The van der Waals surface area contributed by atoms with E-state index in [2.05, 4.69) is 172 Å². The van der Waals surface area contributed by atoms with Crippen molar-refractivity contribution in [2.24, 2.45) is 5.92 Å². The van der Waals surface area contributed by atoms with Gasteiger partial charge in [-0.3, -0.25) is 9.97 Å². The molecule has 0 N–H and O–H groups in total. The molecule has 0 unspecified atom stereocenters. The second-order valence-electron chi connectivity index (χ2n) is 18.3. The maximum atomic E-state index is 6.54. The molecule has 0 saturated heterocycles. The van der Waals surface area contributed by atoms with E-state index in [0.29, 0.717) is 17.8 Å². The summed E-state index contributed by atoms with van der Waals surface area (Å²) in [5, 5.41) is 2.11. The Balaban J connectivity index is 0.000000233. The number of imidazole rings is 1. The molecule has 317 valence electrons.